The van der Waals surface area contributed by atoms with Gasteiger partial charge in [0.1, 0.15) is 5.52 Å². The number of hydrogen-bond donors (Lipinski definition) is 2. The van der Waals surface area contributed by atoms with E-state index in [-0.39, 0.29) is 17.7 Å². The van der Waals surface area contributed by atoms with Gasteiger partial charge in [-0.2, -0.15) is 5.10 Å². The molecule has 0 aliphatic heterocycles. The van der Waals surface area contributed by atoms with Gasteiger partial charge in [-0.3, -0.25) is 14.8 Å². The number of nitro groups is 1. The summed E-state index contributed by atoms with van der Waals surface area (Å²) in [5.74, 6) is -0.408. The van der Waals surface area contributed by atoms with E-state index in [4.69, 9.17) is 0 Å². The number of hydrogen-bond acceptors (Lipinski definition) is 5. The molecule has 2 aromatic rings. The van der Waals surface area contributed by atoms with Crippen LogP contribution >= 0.6 is 0 Å². The van der Waals surface area contributed by atoms with Crippen LogP contribution in [0.5, 0.6) is 5.75 Å². The Bertz CT molecular complexity index is 576. The highest BCUT2D eigenvalue weighted by molar-refractivity contribution is 5.90. The molecule has 2 rings (SSSR count). The zero-order valence-electron chi connectivity index (χ0n) is 9.07. The van der Waals surface area contributed by atoms with Crippen molar-refractivity contribution in [3.8, 4) is 5.75 Å². The summed E-state index contributed by atoms with van der Waals surface area (Å²) in [4.78, 5) is 10.3. The Morgan fingerprint density at radius 3 is 2.88 bits per heavy atom. The Hall–Kier alpha value is -2.15. The van der Waals surface area contributed by atoms with Gasteiger partial charge in [-0.25, -0.2) is 0 Å². The minimum absolute atomic E-state index is 0.133. The van der Waals surface area contributed by atoms with Crippen LogP contribution in [0.4, 0.5) is 5.69 Å². The van der Waals surface area contributed by atoms with Gasteiger partial charge < -0.3 is 10.2 Å². The Morgan fingerprint density at radius 2 is 2.29 bits per heavy atom. The molecule has 2 N–H and O–H groups in total. The summed E-state index contributed by atoms with van der Waals surface area (Å²) in [7, 11) is 0. The van der Waals surface area contributed by atoms with E-state index in [0.717, 1.165) is 0 Å². The number of aromatic nitrogens is 2. The average molecular weight is 237 g/mol. The van der Waals surface area contributed by atoms with Gasteiger partial charge in [0.05, 0.1) is 23.8 Å². The van der Waals surface area contributed by atoms with Gasteiger partial charge in [0, 0.05) is 5.39 Å². The summed E-state index contributed by atoms with van der Waals surface area (Å²) in [6, 6.07) is 2.80. The lowest BCUT2D eigenvalue weighted by Crippen LogP contribution is -2.13. The van der Waals surface area contributed by atoms with Crippen LogP contribution in [0, 0.1) is 10.1 Å². The molecule has 0 saturated carbocycles. The predicted octanol–water partition coefficient (Wildman–Crippen LogP) is 1.03. The van der Waals surface area contributed by atoms with E-state index in [0.29, 0.717) is 5.39 Å². The second kappa shape index (κ2) is 4.02. The highest BCUT2D eigenvalue weighted by Gasteiger charge is 2.22. The Labute approximate surface area is 96.1 Å². The average Bonchev–Trinajstić information content (AvgIpc) is 2.60. The number of benzene rings is 1. The molecule has 1 aromatic carbocycles. The van der Waals surface area contributed by atoms with Crippen molar-refractivity contribution in [3.05, 3.63) is 28.4 Å². The highest BCUT2D eigenvalue weighted by Crippen LogP contribution is 2.34. The number of nitro benzene ring substituents is 1. The summed E-state index contributed by atoms with van der Waals surface area (Å²) in [5.41, 5.74) is -0.170. The quantitative estimate of drug-likeness (QED) is 0.613. The van der Waals surface area contributed by atoms with Gasteiger partial charge in [-0.1, -0.05) is 0 Å². The number of phenols is 1. The van der Waals surface area contributed by atoms with E-state index in [1.807, 2.05) is 0 Å². The van der Waals surface area contributed by atoms with Gasteiger partial charge >= 0.3 is 5.69 Å². The SMILES string of the molecule is CC(O)Cn1ncc2ccc(O)c([N+](=O)[O-])c21. The number of rotatable bonds is 3. The van der Waals surface area contributed by atoms with Crippen LogP contribution < -0.4 is 0 Å². The fourth-order valence-corrected chi connectivity index (χ4v) is 1.72. The zero-order chi connectivity index (χ0) is 12.6. The molecule has 0 bridgehead atoms. The van der Waals surface area contributed by atoms with Crippen molar-refractivity contribution in [2.24, 2.45) is 0 Å². The zero-order valence-corrected chi connectivity index (χ0v) is 9.07. The molecule has 0 fully saturated rings. The van der Waals surface area contributed by atoms with E-state index in [9.17, 15) is 20.3 Å². The van der Waals surface area contributed by atoms with Gasteiger partial charge in [-0.15, -0.1) is 0 Å². The molecule has 7 nitrogen and oxygen atoms in total. The normalized spacial score (nSPS) is 12.8. The topological polar surface area (TPSA) is 101 Å². The number of phenolic OH excluding ortho intramolecular Hbond substituents is 1. The molecule has 1 atom stereocenters. The Kier molecular flexibility index (Phi) is 2.68. The van der Waals surface area contributed by atoms with Crippen LogP contribution in [0.25, 0.3) is 10.9 Å². The number of fused-ring (bicyclic) bond motifs is 1. The van der Waals surface area contributed by atoms with Gasteiger partial charge in [0.15, 0.2) is 5.75 Å². The van der Waals surface area contributed by atoms with Crippen molar-refractivity contribution in [2.45, 2.75) is 19.6 Å². The van der Waals surface area contributed by atoms with Crippen LogP contribution in [0.15, 0.2) is 18.3 Å². The van der Waals surface area contributed by atoms with Crippen LogP contribution in [0.3, 0.4) is 0 Å². The van der Waals surface area contributed by atoms with Gasteiger partial charge in [-0.05, 0) is 19.1 Å². The fraction of sp³-hybridized carbons (Fsp3) is 0.300. The first-order valence-corrected chi connectivity index (χ1v) is 5.00. The standard InChI is InChI=1S/C10H11N3O4/c1-6(14)5-12-9-7(4-11-12)2-3-8(15)10(9)13(16)17/h2-4,6,14-15H,5H2,1H3. The summed E-state index contributed by atoms with van der Waals surface area (Å²) in [6.45, 7) is 1.69. The monoisotopic (exact) mass is 237 g/mol. The first-order valence-electron chi connectivity index (χ1n) is 5.00. The van der Waals surface area contributed by atoms with Crippen molar-refractivity contribution in [3.63, 3.8) is 0 Å². The summed E-state index contributed by atoms with van der Waals surface area (Å²) in [5, 5.41) is 34.2. The molecule has 0 aliphatic carbocycles. The van der Waals surface area contributed by atoms with Crippen molar-refractivity contribution < 1.29 is 15.1 Å². The summed E-state index contributed by atoms with van der Waals surface area (Å²) < 4.78 is 1.32. The van der Waals surface area contributed by atoms with E-state index >= 15 is 0 Å². The maximum Gasteiger partial charge on any atom is 0.336 e. The van der Waals surface area contributed by atoms with Gasteiger partial charge in [0.2, 0.25) is 0 Å². The second-order valence-corrected chi connectivity index (χ2v) is 3.80. The van der Waals surface area contributed by atoms with E-state index < -0.39 is 16.8 Å². The first kappa shape index (κ1) is 11.3. The largest absolute Gasteiger partial charge is 0.502 e. The molecule has 0 aliphatic rings. The number of aliphatic hydroxyl groups is 1. The van der Waals surface area contributed by atoms with Crippen LogP contribution in [0.1, 0.15) is 6.92 Å². The fourth-order valence-electron chi connectivity index (χ4n) is 1.72. The first-order chi connectivity index (χ1) is 8.00. The molecule has 1 aromatic heterocycles. The third-order valence-electron chi connectivity index (χ3n) is 2.38. The lowest BCUT2D eigenvalue weighted by Gasteiger charge is -2.06. The molecule has 17 heavy (non-hydrogen) atoms. The third kappa shape index (κ3) is 1.92. The molecule has 90 valence electrons. The molecule has 7 heteroatoms. The third-order valence-corrected chi connectivity index (χ3v) is 2.38. The van der Waals surface area contributed by atoms with Crippen molar-refractivity contribution in [1.29, 1.82) is 0 Å². The maximum absolute atomic E-state index is 10.9. The molecule has 0 spiro atoms. The summed E-state index contributed by atoms with van der Waals surface area (Å²) in [6.07, 6.45) is 0.782. The molecular weight excluding hydrogens is 226 g/mol. The minimum Gasteiger partial charge on any atom is -0.502 e. The van der Waals surface area contributed by atoms with E-state index in [1.165, 1.54) is 16.9 Å². The lowest BCUT2D eigenvalue weighted by molar-refractivity contribution is -0.384. The predicted molar refractivity (Wildman–Crippen MR) is 59.7 cm³/mol. The maximum atomic E-state index is 10.9. The lowest BCUT2D eigenvalue weighted by atomic mass is 10.2. The van der Waals surface area contributed by atoms with Crippen LogP contribution in [-0.2, 0) is 6.54 Å². The highest BCUT2D eigenvalue weighted by atomic mass is 16.6. The number of aromatic hydroxyl groups is 1. The summed E-state index contributed by atoms with van der Waals surface area (Å²) >= 11 is 0. The van der Waals surface area contributed by atoms with Crippen molar-refractivity contribution >= 4 is 16.6 Å². The smallest absolute Gasteiger partial charge is 0.336 e. The van der Waals surface area contributed by atoms with Crippen molar-refractivity contribution in [1.82, 2.24) is 9.78 Å². The molecular formula is C10H11N3O4. The molecule has 0 radical (unpaired) electrons. The number of nitrogens with zero attached hydrogens (tertiary/aromatic N) is 3. The molecule has 1 heterocycles. The van der Waals surface area contributed by atoms with Crippen LogP contribution in [-0.4, -0.2) is 31.0 Å². The Balaban J connectivity index is 2.71. The minimum atomic E-state index is -0.681. The van der Waals surface area contributed by atoms with Gasteiger partial charge in [0.25, 0.3) is 0 Å². The van der Waals surface area contributed by atoms with E-state index in [1.54, 1.807) is 13.0 Å². The van der Waals surface area contributed by atoms with E-state index in [2.05, 4.69) is 5.10 Å². The molecule has 0 amide bonds. The number of aliphatic hydroxyl groups excluding tert-OH is 1. The van der Waals surface area contributed by atoms with Crippen LogP contribution in [0.2, 0.25) is 0 Å². The van der Waals surface area contributed by atoms with Crippen molar-refractivity contribution in [2.75, 3.05) is 0 Å². The molecule has 0 saturated heterocycles. The molecule has 1 unspecified atom stereocenters. The second-order valence-electron chi connectivity index (χ2n) is 3.80. The Morgan fingerprint density at radius 1 is 1.59 bits per heavy atom.